The molecule has 6 nitrogen and oxygen atoms in total. The second-order valence-corrected chi connectivity index (χ2v) is 6.91. The number of nitrogens with one attached hydrogen (secondary N) is 1. The molecule has 2 aromatic carbocycles. The molecular weight excluding hydrogens is 392 g/mol. The number of hydrogen-bond donors (Lipinski definition) is 2. The molecule has 0 radical (unpaired) electrons. The van der Waals surface area contributed by atoms with Crippen LogP contribution in [0.4, 0.5) is 0 Å². The van der Waals surface area contributed by atoms with Crippen LogP contribution in [0.2, 0.25) is 0 Å². The topological polar surface area (TPSA) is 98.5 Å². The molecule has 0 fully saturated rings. The van der Waals surface area contributed by atoms with E-state index < -0.39 is 24.0 Å². The Morgan fingerprint density at radius 1 is 0.966 bits per heavy atom. The lowest BCUT2D eigenvalue weighted by Gasteiger charge is -2.19. The summed E-state index contributed by atoms with van der Waals surface area (Å²) in [4.78, 5) is 36.4. The Balaban J connectivity index is 1.80. The van der Waals surface area contributed by atoms with Crippen LogP contribution in [0.1, 0.15) is 24.0 Å². The van der Waals surface area contributed by atoms with Gasteiger partial charge in [-0.05, 0) is 24.0 Å². The molecule has 0 aliphatic heterocycles. The lowest BCUT2D eigenvalue weighted by atomic mass is 10.0. The van der Waals surface area contributed by atoms with Gasteiger partial charge in [0.1, 0.15) is 6.61 Å². The molecule has 0 bridgehead atoms. The average Bonchev–Trinajstić information content (AvgIpc) is 2.76. The predicted octanol–water partition coefficient (Wildman–Crippen LogP) is 2.37. The Morgan fingerprint density at radius 2 is 1.55 bits per heavy atom. The Bertz CT molecular complexity index is 799. The zero-order valence-electron chi connectivity index (χ0n) is 16.1. The summed E-state index contributed by atoms with van der Waals surface area (Å²) >= 11 is 5.67. The molecule has 2 rings (SSSR count). The fourth-order valence-electron chi connectivity index (χ4n) is 2.68. The van der Waals surface area contributed by atoms with Gasteiger partial charge in [-0.2, -0.15) is 0 Å². The molecule has 29 heavy (non-hydrogen) atoms. The summed E-state index contributed by atoms with van der Waals surface area (Å²) in [5.74, 6) is -1.44. The number of esters is 1. The van der Waals surface area contributed by atoms with Crippen LogP contribution >= 0.6 is 11.6 Å². The van der Waals surface area contributed by atoms with Crippen LogP contribution < -0.4 is 11.1 Å². The van der Waals surface area contributed by atoms with Crippen molar-refractivity contribution in [1.82, 2.24) is 5.32 Å². The molecule has 0 aliphatic rings. The number of ketones is 1. The van der Waals surface area contributed by atoms with Crippen LogP contribution in [0.3, 0.4) is 0 Å². The van der Waals surface area contributed by atoms with Gasteiger partial charge < -0.3 is 15.8 Å². The number of carbonyl (C=O) groups is 3. The smallest absolute Gasteiger partial charge is 0.306 e. The van der Waals surface area contributed by atoms with Crippen molar-refractivity contribution < 1.29 is 19.1 Å². The molecule has 2 atom stereocenters. The van der Waals surface area contributed by atoms with Crippen LogP contribution in [-0.2, 0) is 32.1 Å². The lowest BCUT2D eigenvalue weighted by Crippen LogP contribution is -2.49. The Hall–Kier alpha value is -2.70. The monoisotopic (exact) mass is 416 g/mol. The molecule has 0 unspecified atom stereocenters. The molecule has 0 aliphatic carbocycles. The molecule has 3 N–H and O–H groups in total. The van der Waals surface area contributed by atoms with Crippen LogP contribution in [0.5, 0.6) is 0 Å². The van der Waals surface area contributed by atoms with Crippen LogP contribution in [0, 0.1) is 0 Å². The highest BCUT2D eigenvalue weighted by Crippen LogP contribution is 2.07. The van der Waals surface area contributed by atoms with E-state index in [1.165, 1.54) is 0 Å². The minimum atomic E-state index is -0.930. The number of hydrogen-bond acceptors (Lipinski definition) is 5. The van der Waals surface area contributed by atoms with E-state index in [1.54, 1.807) is 0 Å². The lowest BCUT2D eigenvalue weighted by molar-refractivity contribution is -0.145. The van der Waals surface area contributed by atoms with E-state index in [4.69, 9.17) is 22.1 Å². The quantitative estimate of drug-likeness (QED) is 0.433. The first-order chi connectivity index (χ1) is 14.0. The summed E-state index contributed by atoms with van der Waals surface area (Å²) in [7, 11) is 0. The summed E-state index contributed by atoms with van der Waals surface area (Å²) in [6.45, 7) is 0.171. The zero-order valence-corrected chi connectivity index (χ0v) is 16.8. The fourth-order valence-corrected chi connectivity index (χ4v) is 2.87. The molecule has 2 aromatic rings. The number of halogens is 1. The van der Waals surface area contributed by atoms with Gasteiger partial charge in [0.25, 0.3) is 0 Å². The van der Waals surface area contributed by atoms with E-state index in [0.29, 0.717) is 6.42 Å². The van der Waals surface area contributed by atoms with Gasteiger partial charge in [0.05, 0.1) is 18.0 Å². The van der Waals surface area contributed by atoms with E-state index in [2.05, 4.69) is 5.32 Å². The van der Waals surface area contributed by atoms with Crippen molar-refractivity contribution in [3.05, 3.63) is 71.8 Å². The Labute approximate surface area is 175 Å². The van der Waals surface area contributed by atoms with Gasteiger partial charge in [0.2, 0.25) is 5.91 Å². The van der Waals surface area contributed by atoms with Crippen molar-refractivity contribution in [2.75, 3.05) is 5.88 Å². The third-order valence-corrected chi connectivity index (χ3v) is 4.62. The molecule has 0 aromatic heterocycles. The molecule has 0 heterocycles. The van der Waals surface area contributed by atoms with Gasteiger partial charge in [0.15, 0.2) is 5.78 Å². The van der Waals surface area contributed by atoms with Gasteiger partial charge in [0, 0.05) is 6.42 Å². The summed E-state index contributed by atoms with van der Waals surface area (Å²) in [6, 6.07) is 16.9. The number of amides is 1. The van der Waals surface area contributed by atoms with Gasteiger partial charge >= 0.3 is 5.97 Å². The van der Waals surface area contributed by atoms with Crippen LogP contribution in [0.25, 0.3) is 0 Å². The Morgan fingerprint density at radius 3 is 2.14 bits per heavy atom. The average molecular weight is 417 g/mol. The summed E-state index contributed by atoms with van der Waals surface area (Å²) in [6.07, 6.45) is 0.449. The number of alkyl halides is 1. The third kappa shape index (κ3) is 8.05. The van der Waals surface area contributed by atoms with Crippen molar-refractivity contribution >= 4 is 29.3 Å². The van der Waals surface area contributed by atoms with Crippen molar-refractivity contribution in [3.63, 3.8) is 0 Å². The predicted molar refractivity (Wildman–Crippen MR) is 111 cm³/mol. The van der Waals surface area contributed by atoms with E-state index in [-0.39, 0.29) is 31.1 Å². The van der Waals surface area contributed by atoms with Crippen molar-refractivity contribution in [2.24, 2.45) is 5.73 Å². The van der Waals surface area contributed by atoms with Crippen molar-refractivity contribution in [1.29, 1.82) is 0 Å². The van der Waals surface area contributed by atoms with Crippen LogP contribution in [-0.4, -0.2) is 35.6 Å². The molecular formula is C22H25ClN2O4. The minimum absolute atomic E-state index is 0.00816. The maximum absolute atomic E-state index is 12.4. The first kappa shape index (κ1) is 22.6. The van der Waals surface area contributed by atoms with Gasteiger partial charge in [-0.3, -0.25) is 14.4 Å². The third-order valence-electron chi connectivity index (χ3n) is 4.36. The number of nitrogens with two attached hydrogens (primary N) is 1. The number of carbonyl (C=O) groups excluding carboxylic acids is 3. The summed E-state index contributed by atoms with van der Waals surface area (Å²) < 4.78 is 5.18. The van der Waals surface area contributed by atoms with E-state index in [9.17, 15) is 14.4 Å². The van der Waals surface area contributed by atoms with Gasteiger partial charge in [-0.15, -0.1) is 11.6 Å². The van der Waals surface area contributed by atoms with E-state index in [0.717, 1.165) is 11.1 Å². The highest BCUT2D eigenvalue weighted by atomic mass is 35.5. The molecule has 0 saturated carbocycles. The molecule has 1 amide bonds. The van der Waals surface area contributed by atoms with Crippen molar-refractivity contribution in [2.45, 2.75) is 38.0 Å². The summed E-state index contributed by atoms with van der Waals surface area (Å²) in [5, 5.41) is 2.65. The first-order valence-electron chi connectivity index (χ1n) is 9.37. The van der Waals surface area contributed by atoms with Crippen LogP contribution in [0.15, 0.2) is 60.7 Å². The SMILES string of the molecule is N[C@@H](CCC(=O)OCc1ccccc1)C(=O)N[C@@H](Cc1ccccc1)C(=O)CCl. The maximum atomic E-state index is 12.4. The first-order valence-corrected chi connectivity index (χ1v) is 9.91. The second-order valence-electron chi connectivity index (χ2n) is 6.64. The minimum Gasteiger partial charge on any atom is -0.461 e. The largest absolute Gasteiger partial charge is 0.461 e. The number of Topliss-reactive ketones (excluding diaryl/α,β-unsaturated/α-hetero) is 1. The normalized spacial score (nSPS) is 12.6. The van der Waals surface area contributed by atoms with E-state index >= 15 is 0 Å². The number of ether oxygens (including phenoxy) is 1. The highest BCUT2D eigenvalue weighted by molar-refractivity contribution is 6.28. The molecule has 0 spiro atoms. The number of benzene rings is 2. The molecule has 7 heteroatoms. The molecule has 0 saturated heterocycles. The van der Waals surface area contributed by atoms with E-state index in [1.807, 2.05) is 60.7 Å². The van der Waals surface area contributed by atoms with Gasteiger partial charge in [-0.25, -0.2) is 0 Å². The maximum Gasteiger partial charge on any atom is 0.306 e. The number of rotatable bonds is 11. The second kappa shape index (κ2) is 12.0. The highest BCUT2D eigenvalue weighted by Gasteiger charge is 2.24. The fraction of sp³-hybridized carbons (Fsp3) is 0.318. The standard InChI is InChI=1S/C22H25ClN2O4/c23-14-20(26)19(13-16-7-3-1-4-8-16)25-22(28)18(24)11-12-21(27)29-15-17-9-5-2-6-10-17/h1-10,18-19H,11-15,24H2,(H,25,28)/t18-,19-/m0/s1. The summed E-state index contributed by atoms with van der Waals surface area (Å²) in [5.41, 5.74) is 7.67. The Kier molecular flexibility index (Phi) is 9.34. The van der Waals surface area contributed by atoms with Gasteiger partial charge in [-0.1, -0.05) is 60.7 Å². The zero-order chi connectivity index (χ0) is 21.1. The molecule has 154 valence electrons. The van der Waals surface area contributed by atoms with Crippen molar-refractivity contribution in [3.8, 4) is 0 Å².